The first kappa shape index (κ1) is 11.2. The van der Waals surface area contributed by atoms with E-state index in [2.05, 4.69) is 20.8 Å². The third-order valence-corrected chi connectivity index (χ3v) is 2.52. The SMILES string of the molecule is COc1c(O)cc(F)c(CON)c1Br. The quantitative estimate of drug-likeness (QED) is 0.817. The van der Waals surface area contributed by atoms with E-state index >= 15 is 0 Å². The van der Waals surface area contributed by atoms with Crippen LogP contribution in [0.25, 0.3) is 0 Å². The third-order valence-electron chi connectivity index (χ3n) is 1.68. The van der Waals surface area contributed by atoms with E-state index < -0.39 is 5.82 Å². The molecule has 0 amide bonds. The summed E-state index contributed by atoms with van der Waals surface area (Å²) in [6.45, 7) is -0.108. The van der Waals surface area contributed by atoms with Crippen LogP contribution in [0.1, 0.15) is 5.56 Å². The molecule has 0 unspecified atom stereocenters. The molecule has 1 aromatic carbocycles. The predicted octanol–water partition coefficient (Wildman–Crippen LogP) is 1.69. The van der Waals surface area contributed by atoms with Crippen molar-refractivity contribution in [2.75, 3.05) is 7.11 Å². The molecule has 1 aromatic rings. The number of halogens is 2. The Balaban J connectivity index is 3.28. The monoisotopic (exact) mass is 265 g/mol. The molecule has 0 aliphatic rings. The number of phenols is 1. The molecular weight excluding hydrogens is 257 g/mol. The van der Waals surface area contributed by atoms with Gasteiger partial charge in [-0.3, -0.25) is 4.84 Å². The van der Waals surface area contributed by atoms with Crippen LogP contribution in [0.5, 0.6) is 11.5 Å². The van der Waals surface area contributed by atoms with Crippen LogP contribution in [-0.4, -0.2) is 12.2 Å². The van der Waals surface area contributed by atoms with Gasteiger partial charge in [-0.2, -0.15) is 0 Å². The Morgan fingerprint density at radius 3 is 2.79 bits per heavy atom. The number of rotatable bonds is 3. The van der Waals surface area contributed by atoms with E-state index in [1.165, 1.54) is 7.11 Å². The average Bonchev–Trinajstić information content (AvgIpc) is 2.12. The summed E-state index contributed by atoms with van der Waals surface area (Å²) in [5.74, 6) is 4.10. The van der Waals surface area contributed by atoms with Crippen molar-refractivity contribution in [3.05, 3.63) is 21.9 Å². The molecule has 0 saturated heterocycles. The highest BCUT2D eigenvalue weighted by Crippen LogP contribution is 2.38. The zero-order valence-electron chi connectivity index (χ0n) is 7.38. The van der Waals surface area contributed by atoms with Gasteiger partial charge in [0.05, 0.1) is 18.2 Å². The number of hydrogen-bond donors (Lipinski definition) is 2. The van der Waals surface area contributed by atoms with Gasteiger partial charge in [0.1, 0.15) is 5.82 Å². The molecule has 0 heterocycles. The number of aromatic hydroxyl groups is 1. The molecule has 0 saturated carbocycles. The maximum atomic E-state index is 13.2. The van der Waals surface area contributed by atoms with Crippen LogP contribution >= 0.6 is 15.9 Å². The van der Waals surface area contributed by atoms with E-state index in [-0.39, 0.29) is 23.7 Å². The van der Waals surface area contributed by atoms with Crippen LogP contribution < -0.4 is 10.6 Å². The molecule has 0 aromatic heterocycles. The molecule has 0 spiro atoms. The summed E-state index contributed by atoms with van der Waals surface area (Å²) in [4.78, 5) is 4.32. The third kappa shape index (κ3) is 1.97. The van der Waals surface area contributed by atoms with Crippen molar-refractivity contribution in [1.29, 1.82) is 0 Å². The molecule has 78 valence electrons. The van der Waals surface area contributed by atoms with Crippen LogP contribution in [0.3, 0.4) is 0 Å². The number of benzene rings is 1. The molecule has 0 aliphatic carbocycles. The van der Waals surface area contributed by atoms with Gasteiger partial charge < -0.3 is 9.84 Å². The Kier molecular flexibility index (Phi) is 3.68. The largest absolute Gasteiger partial charge is 0.504 e. The van der Waals surface area contributed by atoms with E-state index in [0.717, 1.165) is 6.07 Å². The van der Waals surface area contributed by atoms with Crippen molar-refractivity contribution in [1.82, 2.24) is 0 Å². The van der Waals surface area contributed by atoms with Gasteiger partial charge >= 0.3 is 0 Å². The fraction of sp³-hybridized carbons (Fsp3) is 0.250. The molecule has 0 radical (unpaired) electrons. The summed E-state index contributed by atoms with van der Waals surface area (Å²) in [6.07, 6.45) is 0. The summed E-state index contributed by atoms with van der Waals surface area (Å²) < 4.78 is 18.4. The maximum absolute atomic E-state index is 13.2. The Morgan fingerprint density at radius 1 is 1.64 bits per heavy atom. The molecule has 6 heteroatoms. The van der Waals surface area contributed by atoms with Crippen LogP contribution in [0, 0.1) is 5.82 Å². The van der Waals surface area contributed by atoms with Gasteiger partial charge in [-0.1, -0.05) is 0 Å². The topological polar surface area (TPSA) is 64.7 Å². The molecule has 14 heavy (non-hydrogen) atoms. The minimum Gasteiger partial charge on any atom is -0.504 e. The van der Waals surface area contributed by atoms with Crippen LogP contribution in [0.15, 0.2) is 10.5 Å². The summed E-state index contributed by atoms with van der Waals surface area (Å²) in [6, 6.07) is 0.942. The normalized spacial score (nSPS) is 10.3. The van der Waals surface area contributed by atoms with Crippen LogP contribution in [0.4, 0.5) is 4.39 Å². The van der Waals surface area contributed by atoms with Crippen molar-refractivity contribution in [3.63, 3.8) is 0 Å². The molecule has 4 nitrogen and oxygen atoms in total. The van der Waals surface area contributed by atoms with Crippen molar-refractivity contribution in [3.8, 4) is 11.5 Å². The lowest BCUT2D eigenvalue weighted by atomic mass is 10.2. The number of nitrogens with two attached hydrogens (primary N) is 1. The zero-order chi connectivity index (χ0) is 10.7. The van der Waals surface area contributed by atoms with E-state index in [9.17, 15) is 9.50 Å². The molecule has 0 bridgehead atoms. The summed E-state index contributed by atoms with van der Waals surface area (Å²) in [5.41, 5.74) is 0.196. The Labute approximate surface area is 88.5 Å². The maximum Gasteiger partial charge on any atom is 0.175 e. The second-order valence-corrected chi connectivity index (χ2v) is 3.31. The van der Waals surface area contributed by atoms with Crippen molar-refractivity contribution < 1.29 is 19.1 Å². The lowest BCUT2D eigenvalue weighted by Crippen LogP contribution is -2.03. The predicted molar refractivity (Wildman–Crippen MR) is 51.3 cm³/mol. The first-order valence-electron chi connectivity index (χ1n) is 3.67. The Hall–Kier alpha value is -0.850. The van der Waals surface area contributed by atoms with E-state index in [1.807, 2.05) is 0 Å². The molecule has 0 aliphatic heterocycles. The smallest absolute Gasteiger partial charge is 0.175 e. The summed E-state index contributed by atoms with van der Waals surface area (Å²) in [5, 5.41) is 9.30. The summed E-state index contributed by atoms with van der Waals surface area (Å²) in [7, 11) is 1.37. The van der Waals surface area contributed by atoms with Gasteiger partial charge in [-0.15, -0.1) is 0 Å². The van der Waals surface area contributed by atoms with Gasteiger partial charge in [-0.25, -0.2) is 10.3 Å². The van der Waals surface area contributed by atoms with Gasteiger partial charge in [-0.05, 0) is 15.9 Å². The van der Waals surface area contributed by atoms with Crippen molar-refractivity contribution in [2.45, 2.75) is 6.61 Å². The van der Waals surface area contributed by atoms with E-state index in [0.29, 0.717) is 4.47 Å². The van der Waals surface area contributed by atoms with Crippen molar-refractivity contribution in [2.24, 2.45) is 5.90 Å². The highest BCUT2D eigenvalue weighted by atomic mass is 79.9. The minimum absolute atomic E-state index is 0.108. The second-order valence-electron chi connectivity index (χ2n) is 2.51. The van der Waals surface area contributed by atoms with Gasteiger partial charge in [0.25, 0.3) is 0 Å². The van der Waals surface area contributed by atoms with Crippen LogP contribution in [0.2, 0.25) is 0 Å². The van der Waals surface area contributed by atoms with E-state index in [4.69, 9.17) is 10.6 Å². The minimum atomic E-state index is -0.611. The molecule has 3 N–H and O–H groups in total. The highest BCUT2D eigenvalue weighted by Gasteiger charge is 2.16. The Bertz CT molecular complexity index is 346. The molecule has 1 rings (SSSR count). The van der Waals surface area contributed by atoms with Gasteiger partial charge in [0.15, 0.2) is 11.5 Å². The second kappa shape index (κ2) is 4.59. The fourth-order valence-corrected chi connectivity index (χ4v) is 1.71. The number of methoxy groups -OCH3 is 1. The summed E-state index contributed by atoms with van der Waals surface area (Å²) >= 11 is 3.08. The van der Waals surface area contributed by atoms with Crippen molar-refractivity contribution >= 4 is 15.9 Å². The first-order chi connectivity index (χ1) is 6.61. The van der Waals surface area contributed by atoms with Gasteiger partial charge in [0.2, 0.25) is 0 Å². The standard InChI is InChI=1S/C8H9BrFNO3/c1-13-8-6(12)2-5(10)4(3-14-11)7(8)9/h2,12H,3,11H2,1H3. The lowest BCUT2D eigenvalue weighted by Gasteiger charge is -2.10. The number of phenolic OH excluding ortho intramolecular Hbond substituents is 1. The molecule has 0 atom stereocenters. The highest BCUT2D eigenvalue weighted by molar-refractivity contribution is 9.10. The molecular formula is C8H9BrFNO3. The Morgan fingerprint density at radius 2 is 2.29 bits per heavy atom. The average molecular weight is 266 g/mol. The van der Waals surface area contributed by atoms with Crippen LogP contribution in [-0.2, 0) is 11.4 Å². The molecule has 0 fully saturated rings. The first-order valence-corrected chi connectivity index (χ1v) is 4.46. The van der Waals surface area contributed by atoms with E-state index in [1.54, 1.807) is 0 Å². The van der Waals surface area contributed by atoms with Gasteiger partial charge in [0, 0.05) is 11.6 Å². The fourth-order valence-electron chi connectivity index (χ4n) is 1.04. The number of ether oxygens (including phenoxy) is 1. The zero-order valence-corrected chi connectivity index (χ0v) is 8.97. The number of hydrogen-bond acceptors (Lipinski definition) is 4. The lowest BCUT2D eigenvalue weighted by molar-refractivity contribution is 0.120.